The Balaban J connectivity index is 1.56. The molecule has 1 amide bonds. The summed E-state index contributed by atoms with van der Waals surface area (Å²) < 4.78 is 40.1. The van der Waals surface area contributed by atoms with Gasteiger partial charge in [0.1, 0.15) is 18.1 Å². The number of fused-ring (bicyclic) bond motifs is 1. The molecule has 0 bridgehead atoms. The summed E-state index contributed by atoms with van der Waals surface area (Å²) in [5.74, 6) is 0.657. The van der Waals surface area contributed by atoms with Crippen molar-refractivity contribution in [3.63, 3.8) is 0 Å². The highest BCUT2D eigenvalue weighted by Gasteiger charge is 2.38. The van der Waals surface area contributed by atoms with Gasteiger partial charge in [-0.05, 0) is 47.4 Å². The maximum absolute atomic E-state index is 13.6. The van der Waals surface area contributed by atoms with E-state index in [4.69, 9.17) is 9.47 Å². The van der Waals surface area contributed by atoms with E-state index >= 15 is 0 Å². The molecule has 0 radical (unpaired) electrons. The molecule has 1 heterocycles. The van der Waals surface area contributed by atoms with Gasteiger partial charge in [-0.25, -0.2) is 8.42 Å². The van der Waals surface area contributed by atoms with E-state index < -0.39 is 22.0 Å². The van der Waals surface area contributed by atoms with Gasteiger partial charge in [0, 0.05) is 0 Å². The third-order valence-electron chi connectivity index (χ3n) is 5.73. The van der Waals surface area contributed by atoms with Gasteiger partial charge < -0.3 is 14.8 Å². The number of para-hydroxylation sites is 1. The minimum Gasteiger partial charge on any atom is -0.492 e. The van der Waals surface area contributed by atoms with Crippen LogP contribution in [-0.2, 0) is 20.2 Å². The first kappa shape index (κ1) is 24.6. The highest BCUT2D eigenvalue weighted by molar-refractivity contribution is 7.92. The van der Waals surface area contributed by atoms with Gasteiger partial charge >= 0.3 is 0 Å². The molecular weight excluding hydrogens is 464 g/mol. The van der Waals surface area contributed by atoms with Crippen LogP contribution in [0.5, 0.6) is 11.5 Å². The molecule has 1 aliphatic heterocycles. The van der Waals surface area contributed by atoms with Crippen molar-refractivity contribution in [3.05, 3.63) is 84.4 Å². The molecule has 4 rings (SSSR count). The lowest BCUT2D eigenvalue weighted by molar-refractivity contribution is -0.127. The molecule has 3 aromatic rings. The summed E-state index contributed by atoms with van der Waals surface area (Å²) in [5, 5.41) is 2.79. The number of rotatable bonds is 7. The molecule has 7 nitrogen and oxygen atoms in total. The Hall–Kier alpha value is -3.52. The number of nitrogens with zero attached hydrogens (tertiary/aromatic N) is 1. The third-order valence-corrected chi connectivity index (χ3v) is 7.53. The van der Waals surface area contributed by atoms with E-state index in [-0.39, 0.29) is 30.0 Å². The number of anilines is 1. The van der Waals surface area contributed by atoms with Crippen LogP contribution >= 0.6 is 0 Å². The van der Waals surface area contributed by atoms with Crippen molar-refractivity contribution in [2.24, 2.45) is 0 Å². The number of benzene rings is 3. The Bertz CT molecular complexity index is 1270. The number of sulfonamides is 1. The highest BCUT2D eigenvalue weighted by Crippen LogP contribution is 2.40. The Morgan fingerprint density at radius 1 is 1.03 bits per heavy atom. The molecule has 0 fully saturated rings. The largest absolute Gasteiger partial charge is 0.492 e. The zero-order valence-corrected chi connectivity index (χ0v) is 20.9. The van der Waals surface area contributed by atoms with Gasteiger partial charge in [0.2, 0.25) is 0 Å². The van der Waals surface area contributed by atoms with Crippen LogP contribution in [0.2, 0.25) is 0 Å². The number of hydrogen-bond acceptors (Lipinski definition) is 5. The van der Waals surface area contributed by atoms with Gasteiger partial charge in [0.15, 0.2) is 6.10 Å². The summed E-state index contributed by atoms with van der Waals surface area (Å²) in [6.45, 7) is 6.57. The van der Waals surface area contributed by atoms with Crippen molar-refractivity contribution in [2.75, 3.05) is 24.0 Å². The molecule has 35 heavy (non-hydrogen) atoms. The van der Waals surface area contributed by atoms with Crippen LogP contribution in [0.1, 0.15) is 26.3 Å². The Labute approximate surface area is 206 Å². The zero-order valence-electron chi connectivity index (χ0n) is 20.1. The molecule has 3 aromatic carbocycles. The average Bonchev–Trinajstić information content (AvgIpc) is 2.86. The van der Waals surface area contributed by atoms with Crippen LogP contribution in [0.4, 0.5) is 5.69 Å². The number of nitrogens with one attached hydrogen (secondary N) is 1. The fraction of sp³-hybridized carbons (Fsp3) is 0.296. The van der Waals surface area contributed by atoms with E-state index in [0.717, 1.165) is 5.56 Å². The molecule has 184 valence electrons. The molecule has 0 aliphatic carbocycles. The van der Waals surface area contributed by atoms with Gasteiger partial charge in [-0.2, -0.15) is 0 Å². The summed E-state index contributed by atoms with van der Waals surface area (Å²) in [5.41, 5.74) is 1.20. The lowest BCUT2D eigenvalue weighted by Crippen LogP contribution is -2.51. The van der Waals surface area contributed by atoms with E-state index in [2.05, 4.69) is 26.1 Å². The molecule has 1 unspecified atom stereocenters. The van der Waals surface area contributed by atoms with Crippen molar-refractivity contribution in [1.29, 1.82) is 0 Å². The molecule has 0 saturated heterocycles. The molecule has 8 heteroatoms. The van der Waals surface area contributed by atoms with Gasteiger partial charge in [0.05, 0.1) is 23.7 Å². The molecular formula is C27H30N2O5S. The normalized spacial score (nSPS) is 15.6. The summed E-state index contributed by atoms with van der Waals surface area (Å²) in [6, 6.07) is 23.0. The van der Waals surface area contributed by atoms with E-state index in [1.807, 2.05) is 42.5 Å². The first-order chi connectivity index (χ1) is 16.7. The number of ether oxygens (including phenoxy) is 2. The summed E-state index contributed by atoms with van der Waals surface area (Å²) >= 11 is 0. The molecule has 0 saturated carbocycles. The molecule has 0 aromatic heterocycles. The maximum atomic E-state index is 13.6. The SMILES string of the molecule is CC(C)(C)c1ccc2c(c1)N(S(=O)(=O)c1ccccc1)CC(C(=O)NCCOc1ccccc1)O2. The van der Waals surface area contributed by atoms with Crippen LogP contribution in [0.3, 0.4) is 0 Å². The lowest BCUT2D eigenvalue weighted by atomic mass is 9.86. The predicted molar refractivity (Wildman–Crippen MR) is 135 cm³/mol. The van der Waals surface area contributed by atoms with Crippen LogP contribution in [-0.4, -0.2) is 40.1 Å². The van der Waals surface area contributed by atoms with Gasteiger partial charge in [-0.15, -0.1) is 0 Å². The van der Waals surface area contributed by atoms with Crippen molar-refractivity contribution in [1.82, 2.24) is 5.32 Å². The number of hydrogen-bond donors (Lipinski definition) is 1. The fourth-order valence-corrected chi connectivity index (χ4v) is 5.26. The van der Waals surface area contributed by atoms with Crippen LogP contribution < -0.4 is 19.1 Å². The van der Waals surface area contributed by atoms with E-state index in [9.17, 15) is 13.2 Å². The first-order valence-corrected chi connectivity index (χ1v) is 12.9. The van der Waals surface area contributed by atoms with Crippen LogP contribution in [0, 0.1) is 0 Å². The van der Waals surface area contributed by atoms with Gasteiger partial charge in [-0.1, -0.05) is 63.2 Å². The quantitative estimate of drug-likeness (QED) is 0.499. The van der Waals surface area contributed by atoms with Crippen molar-refractivity contribution < 1.29 is 22.7 Å². The average molecular weight is 495 g/mol. The Kier molecular flexibility index (Phi) is 7.03. The standard InChI is InChI=1S/C27H30N2O5S/c1-27(2,3)20-14-15-24-23(18-20)29(35(31,32)22-12-8-5-9-13-22)19-25(34-24)26(30)28-16-17-33-21-10-6-4-7-11-21/h4-15,18,25H,16-17,19H2,1-3H3,(H,28,30). The Morgan fingerprint density at radius 3 is 2.34 bits per heavy atom. The van der Waals surface area contributed by atoms with Gasteiger partial charge in [-0.3, -0.25) is 9.10 Å². The summed E-state index contributed by atoms with van der Waals surface area (Å²) in [6.07, 6.45) is -1.00. The molecule has 1 atom stereocenters. The number of carbonyl (C=O) groups is 1. The van der Waals surface area contributed by atoms with Crippen molar-refractivity contribution in [3.8, 4) is 11.5 Å². The lowest BCUT2D eigenvalue weighted by Gasteiger charge is -2.36. The van der Waals surface area contributed by atoms with Crippen LogP contribution in [0.25, 0.3) is 0 Å². The maximum Gasteiger partial charge on any atom is 0.264 e. The minimum atomic E-state index is -3.92. The van der Waals surface area contributed by atoms with E-state index in [0.29, 0.717) is 17.2 Å². The number of carbonyl (C=O) groups excluding carboxylic acids is 1. The minimum absolute atomic E-state index is 0.136. The van der Waals surface area contributed by atoms with Crippen LogP contribution in [0.15, 0.2) is 83.8 Å². The predicted octanol–water partition coefficient (Wildman–Crippen LogP) is 4.14. The van der Waals surface area contributed by atoms with E-state index in [1.54, 1.807) is 36.4 Å². The van der Waals surface area contributed by atoms with Crippen molar-refractivity contribution in [2.45, 2.75) is 37.2 Å². The fourth-order valence-electron chi connectivity index (χ4n) is 3.78. The monoisotopic (exact) mass is 494 g/mol. The molecule has 1 aliphatic rings. The summed E-state index contributed by atoms with van der Waals surface area (Å²) in [4.78, 5) is 13.1. The summed E-state index contributed by atoms with van der Waals surface area (Å²) in [7, 11) is -3.92. The molecule has 0 spiro atoms. The second kappa shape index (κ2) is 10.00. The second-order valence-corrected chi connectivity index (χ2v) is 11.2. The smallest absolute Gasteiger partial charge is 0.264 e. The number of amides is 1. The van der Waals surface area contributed by atoms with Gasteiger partial charge in [0.25, 0.3) is 15.9 Å². The van der Waals surface area contributed by atoms with E-state index in [1.165, 1.54) is 4.31 Å². The highest BCUT2D eigenvalue weighted by atomic mass is 32.2. The second-order valence-electron chi connectivity index (χ2n) is 9.34. The molecule has 1 N–H and O–H groups in total. The zero-order chi connectivity index (χ0) is 25.1. The van der Waals surface area contributed by atoms with Crippen molar-refractivity contribution >= 4 is 21.6 Å². The topological polar surface area (TPSA) is 84.9 Å². The third kappa shape index (κ3) is 5.59. The Morgan fingerprint density at radius 2 is 1.69 bits per heavy atom. The first-order valence-electron chi connectivity index (χ1n) is 11.5.